The Morgan fingerprint density at radius 3 is 2.71 bits per heavy atom. The highest BCUT2D eigenvalue weighted by Gasteiger charge is 2.24. The Bertz CT molecular complexity index is 621. The van der Waals surface area contributed by atoms with Gasteiger partial charge in [-0.3, -0.25) is 4.79 Å². The lowest BCUT2D eigenvalue weighted by Gasteiger charge is -2.11. The smallest absolute Gasteiger partial charge is 0.316 e. The second kappa shape index (κ2) is 6.56. The number of imidazole rings is 1. The van der Waals surface area contributed by atoms with E-state index in [9.17, 15) is 4.79 Å². The van der Waals surface area contributed by atoms with Crippen LogP contribution in [0.25, 0.3) is 11.2 Å². The van der Waals surface area contributed by atoms with Crippen LogP contribution in [0, 0.1) is 0 Å². The van der Waals surface area contributed by atoms with E-state index >= 15 is 0 Å². The molecule has 2 aromatic heterocycles. The van der Waals surface area contributed by atoms with Crippen LogP contribution < -0.4 is 4.90 Å². The van der Waals surface area contributed by atoms with E-state index in [2.05, 4.69) is 15.0 Å². The average Bonchev–Trinajstić information content (AvgIpc) is 2.87. The standard InChI is InChI=1S/C15H22N4O2/c1-5-7-10(15(20)21-6-2)13-16-11-8-9-12(19(3)4)17-14(11)18-13/h8-10H,5-7H2,1-4H3,(H,16,17,18). The maximum Gasteiger partial charge on any atom is 0.316 e. The van der Waals surface area contributed by atoms with E-state index in [1.54, 1.807) is 0 Å². The minimum absolute atomic E-state index is 0.230. The first-order valence-corrected chi connectivity index (χ1v) is 7.27. The van der Waals surface area contributed by atoms with Crippen molar-refractivity contribution in [3.63, 3.8) is 0 Å². The fraction of sp³-hybridized carbons (Fsp3) is 0.533. The third kappa shape index (κ3) is 3.32. The first-order chi connectivity index (χ1) is 10.1. The van der Waals surface area contributed by atoms with Gasteiger partial charge >= 0.3 is 5.97 Å². The number of fused-ring (bicyclic) bond motifs is 1. The van der Waals surface area contributed by atoms with Crippen molar-refractivity contribution in [2.45, 2.75) is 32.6 Å². The Morgan fingerprint density at radius 1 is 1.33 bits per heavy atom. The Labute approximate surface area is 124 Å². The number of aromatic amines is 1. The number of rotatable bonds is 6. The quantitative estimate of drug-likeness (QED) is 0.827. The minimum atomic E-state index is -0.355. The van der Waals surface area contributed by atoms with Gasteiger partial charge in [-0.2, -0.15) is 0 Å². The summed E-state index contributed by atoms with van der Waals surface area (Å²) < 4.78 is 5.14. The first-order valence-electron chi connectivity index (χ1n) is 7.27. The van der Waals surface area contributed by atoms with Crippen molar-refractivity contribution >= 4 is 23.0 Å². The van der Waals surface area contributed by atoms with Gasteiger partial charge in [0.15, 0.2) is 5.65 Å². The number of H-pyrrole nitrogens is 1. The molecule has 114 valence electrons. The summed E-state index contributed by atoms with van der Waals surface area (Å²) in [5.74, 6) is 0.885. The number of aromatic nitrogens is 3. The monoisotopic (exact) mass is 290 g/mol. The van der Waals surface area contributed by atoms with Gasteiger partial charge in [-0.05, 0) is 25.5 Å². The summed E-state index contributed by atoms with van der Waals surface area (Å²) >= 11 is 0. The highest BCUT2D eigenvalue weighted by atomic mass is 16.5. The number of hydrogen-bond donors (Lipinski definition) is 1. The number of hydrogen-bond acceptors (Lipinski definition) is 5. The molecule has 6 nitrogen and oxygen atoms in total. The van der Waals surface area contributed by atoms with Crippen molar-refractivity contribution < 1.29 is 9.53 Å². The average molecular weight is 290 g/mol. The third-order valence-electron chi connectivity index (χ3n) is 3.29. The van der Waals surface area contributed by atoms with Gasteiger partial charge in [0, 0.05) is 14.1 Å². The maximum absolute atomic E-state index is 12.1. The van der Waals surface area contributed by atoms with E-state index in [4.69, 9.17) is 4.74 Å². The highest BCUT2D eigenvalue weighted by molar-refractivity contribution is 5.80. The molecule has 0 amide bonds. The van der Waals surface area contributed by atoms with Crippen LogP contribution in [-0.4, -0.2) is 41.6 Å². The maximum atomic E-state index is 12.1. The van der Waals surface area contributed by atoms with Crippen molar-refractivity contribution in [3.8, 4) is 0 Å². The molecular weight excluding hydrogens is 268 g/mol. The number of nitrogens with zero attached hydrogens (tertiary/aromatic N) is 3. The predicted molar refractivity (Wildman–Crippen MR) is 82.5 cm³/mol. The summed E-state index contributed by atoms with van der Waals surface area (Å²) in [6.45, 7) is 4.23. The Balaban J connectivity index is 2.36. The molecule has 21 heavy (non-hydrogen) atoms. The molecule has 0 spiro atoms. The highest BCUT2D eigenvalue weighted by Crippen LogP contribution is 2.23. The molecule has 6 heteroatoms. The molecule has 1 atom stereocenters. The number of carbonyl (C=O) groups is 1. The molecule has 0 radical (unpaired) electrons. The van der Waals surface area contributed by atoms with Crippen LogP contribution in [0.15, 0.2) is 12.1 Å². The summed E-state index contributed by atoms with van der Waals surface area (Å²) in [5.41, 5.74) is 1.46. The lowest BCUT2D eigenvalue weighted by Crippen LogP contribution is -2.17. The molecule has 0 aromatic carbocycles. The van der Waals surface area contributed by atoms with Crippen molar-refractivity contribution in [1.29, 1.82) is 0 Å². The molecule has 0 aliphatic rings. The fourth-order valence-corrected chi connectivity index (χ4v) is 2.21. The molecule has 2 aromatic rings. The molecule has 0 aliphatic carbocycles. The van der Waals surface area contributed by atoms with Gasteiger partial charge in [0.05, 0.1) is 12.1 Å². The van der Waals surface area contributed by atoms with Crippen LogP contribution >= 0.6 is 0 Å². The Morgan fingerprint density at radius 2 is 2.10 bits per heavy atom. The lowest BCUT2D eigenvalue weighted by atomic mass is 10.0. The molecule has 2 rings (SSSR count). The number of ether oxygens (including phenoxy) is 1. The zero-order valence-electron chi connectivity index (χ0n) is 13.0. The fourth-order valence-electron chi connectivity index (χ4n) is 2.21. The number of nitrogens with one attached hydrogen (secondary N) is 1. The zero-order chi connectivity index (χ0) is 15.4. The summed E-state index contributed by atoms with van der Waals surface area (Å²) in [6.07, 6.45) is 1.59. The molecule has 0 fully saturated rings. The van der Waals surface area contributed by atoms with Gasteiger partial charge in [-0.15, -0.1) is 0 Å². The molecule has 0 saturated heterocycles. The molecule has 0 aliphatic heterocycles. The molecule has 1 N–H and O–H groups in total. The second-order valence-electron chi connectivity index (χ2n) is 5.15. The van der Waals surface area contributed by atoms with Gasteiger partial charge in [0.2, 0.25) is 0 Å². The molecule has 0 bridgehead atoms. The van der Waals surface area contributed by atoms with Crippen molar-refractivity contribution in [3.05, 3.63) is 18.0 Å². The van der Waals surface area contributed by atoms with Gasteiger partial charge in [-0.1, -0.05) is 13.3 Å². The predicted octanol–water partition coefficient (Wildman–Crippen LogP) is 2.47. The summed E-state index contributed by atoms with van der Waals surface area (Å²) in [6, 6.07) is 3.85. The SMILES string of the molecule is CCCC(C(=O)OCC)c1nc2nc(N(C)C)ccc2[nH]1. The number of esters is 1. The summed E-state index contributed by atoms with van der Waals surface area (Å²) in [5, 5.41) is 0. The van der Waals surface area contributed by atoms with E-state index in [1.807, 2.05) is 45.0 Å². The molecule has 1 unspecified atom stereocenters. The molecular formula is C15H22N4O2. The van der Waals surface area contributed by atoms with Gasteiger partial charge in [-0.25, -0.2) is 9.97 Å². The largest absolute Gasteiger partial charge is 0.465 e. The van der Waals surface area contributed by atoms with E-state index in [0.29, 0.717) is 24.5 Å². The lowest BCUT2D eigenvalue weighted by molar-refractivity contribution is -0.145. The van der Waals surface area contributed by atoms with Crippen LogP contribution in [0.4, 0.5) is 5.82 Å². The van der Waals surface area contributed by atoms with Crippen molar-refractivity contribution in [2.75, 3.05) is 25.6 Å². The molecule has 0 saturated carbocycles. The van der Waals surface area contributed by atoms with Crippen LogP contribution in [0.3, 0.4) is 0 Å². The van der Waals surface area contributed by atoms with Gasteiger partial charge in [0.25, 0.3) is 0 Å². The van der Waals surface area contributed by atoms with E-state index < -0.39 is 0 Å². The second-order valence-corrected chi connectivity index (χ2v) is 5.15. The van der Waals surface area contributed by atoms with E-state index in [1.165, 1.54) is 0 Å². The number of carbonyl (C=O) groups excluding carboxylic acids is 1. The third-order valence-corrected chi connectivity index (χ3v) is 3.29. The molecule has 2 heterocycles. The minimum Gasteiger partial charge on any atom is -0.465 e. The Kier molecular flexibility index (Phi) is 4.77. The Hall–Kier alpha value is -2.11. The zero-order valence-corrected chi connectivity index (χ0v) is 13.0. The first kappa shape index (κ1) is 15.3. The normalized spacial score (nSPS) is 12.4. The van der Waals surface area contributed by atoms with Gasteiger partial charge in [0.1, 0.15) is 17.6 Å². The van der Waals surface area contributed by atoms with Crippen LogP contribution in [0.5, 0.6) is 0 Å². The van der Waals surface area contributed by atoms with E-state index in [0.717, 1.165) is 17.8 Å². The van der Waals surface area contributed by atoms with Crippen LogP contribution in [0.1, 0.15) is 38.4 Å². The van der Waals surface area contributed by atoms with Crippen molar-refractivity contribution in [2.24, 2.45) is 0 Å². The summed E-state index contributed by atoms with van der Waals surface area (Å²) in [7, 11) is 3.86. The number of pyridine rings is 1. The van der Waals surface area contributed by atoms with Crippen molar-refractivity contribution in [1.82, 2.24) is 15.0 Å². The summed E-state index contributed by atoms with van der Waals surface area (Å²) in [4.78, 5) is 26.1. The topological polar surface area (TPSA) is 71.1 Å². The van der Waals surface area contributed by atoms with Crippen LogP contribution in [-0.2, 0) is 9.53 Å². The van der Waals surface area contributed by atoms with Crippen LogP contribution in [0.2, 0.25) is 0 Å². The van der Waals surface area contributed by atoms with E-state index in [-0.39, 0.29) is 11.9 Å². The number of anilines is 1. The van der Waals surface area contributed by atoms with Gasteiger partial charge < -0.3 is 14.6 Å².